The summed E-state index contributed by atoms with van der Waals surface area (Å²) in [5.74, 6) is -0.200. The molecule has 8 nitrogen and oxygen atoms in total. The maximum absolute atomic E-state index is 12.9. The number of aryl methyl sites for hydroxylation is 2. The molecule has 1 aliphatic rings. The molecule has 0 spiro atoms. The zero-order valence-corrected chi connectivity index (χ0v) is 21.2. The lowest BCUT2D eigenvalue weighted by Gasteiger charge is -2.34. The van der Waals surface area contributed by atoms with Gasteiger partial charge in [0.15, 0.2) is 0 Å². The summed E-state index contributed by atoms with van der Waals surface area (Å²) in [5.41, 5.74) is 3.27. The minimum atomic E-state index is -3.60. The smallest absolute Gasteiger partial charge is 0.253 e. The molecule has 1 saturated heterocycles. The first-order valence-corrected chi connectivity index (χ1v) is 13.1. The molecule has 184 valence electrons. The van der Waals surface area contributed by atoms with Crippen LogP contribution < -0.4 is 5.32 Å². The predicted molar refractivity (Wildman–Crippen MR) is 133 cm³/mol. The van der Waals surface area contributed by atoms with E-state index in [4.69, 9.17) is 0 Å². The lowest BCUT2D eigenvalue weighted by Crippen LogP contribution is -2.50. The van der Waals surface area contributed by atoms with Crippen molar-refractivity contribution in [3.63, 3.8) is 0 Å². The Hall–Kier alpha value is -2.75. The van der Waals surface area contributed by atoms with Crippen molar-refractivity contribution in [2.45, 2.75) is 32.6 Å². The minimum absolute atomic E-state index is 0.0159. The number of nitrogens with one attached hydrogen (secondary N) is 1. The maximum atomic E-state index is 12.9. The third-order valence-corrected chi connectivity index (χ3v) is 8.00. The molecular weight excluding hydrogens is 452 g/mol. The van der Waals surface area contributed by atoms with Gasteiger partial charge in [-0.1, -0.05) is 37.1 Å². The van der Waals surface area contributed by atoms with E-state index >= 15 is 0 Å². The summed E-state index contributed by atoms with van der Waals surface area (Å²) in [4.78, 5) is 29.4. The lowest BCUT2D eigenvalue weighted by atomic mass is 10.1. The number of carbonyl (C=O) groups excluding carboxylic acids is 2. The molecule has 0 aliphatic carbocycles. The second-order valence-corrected chi connectivity index (χ2v) is 10.5. The largest absolute Gasteiger partial charge is 0.336 e. The van der Waals surface area contributed by atoms with Crippen molar-refractivity contribution in [1.29, 1.82) is 0 Å². The van der Waals surface area contributed by atoms with Gasteiger partial charge < -0.3 is 10.2 Å². The quantitative estimate of drug-likeness (QED) is 0.620. The molecule has 1 heterocycles. The molecule has 0 bridgehead atoms. The Labute approximate surface area is 202 Å². The molecule has 3 rings (SSSR count). The van der Waals surface area contributed by atoms with Crippen molar-refractivity contribution in [2.24, 2.45) is 0 Å². The zero-order valence-electron chi connectivity index (χ0n) is 20.4. The predicted octanol–water partition coefficient (Wildman–Crippen LogP) is 2.73. The highest BCUT2D eigenvalue weighted by Gasteiger charge is 2.24. The first-order valence-electron chi connectivity index (χ1n) is 11.6. The van der Waals surface area contributed by atoms with E-state index in [1.165, 1.54) is 16.4 Å². The Kier molecular flexibility index (Phi) is 8.46. The van der Waals surface area contributed by atoms with Gasteiger partial charge in [-0.25, -0.2) is 8.42 Å². The van der Waals surface area contributed by atoms with Crippen LogP contribution in [0.4, 0.5) is 5.69 Å². The number of sulfonamides is 1. The second kappa shape index (κ2) is 11.1. The molecule has 34 heavy (non-hydrogen) atoms. The highest BCUT2D eigenvalue weighted by Crippen LogP contribution is 2.20. The Balaban J connectivity index is 1.55. The standard InChI is InChI=1S/C25H34N4O4S/c1-5-29(6-2)34(32,33)23-9-7-8-22(17-23)26-24(30)18-27-10-12-28(13-11-27)25(31)21-15-19(3)14-20(4)16-21/h7-9,14-17H,5-6,10-13,18H2,1-4H3,(H,26,30). The van der Waals surface area contributed by atoms with Gasteiger partial charge in [0.2, 0.25) is 15.9 Å². The van der Waals surface area contributed by atoms with Crippen LogP contribution in [0.3, 0.4) is 0 Å². The molecule has 2 aromatic rings. The molecule has 1 fully saturated rings. The fourth-order valence-corrected chi connectivity index (χ4v) is 5.74. The summed E-state index contributed by atoms with van der Waals surface area (Å²) in [6, 6.07) is 12.2. The second-order valence-electron chi connectivity index (χ2n) is 8.61. The number of carbonyl (C=O) groups is 2. The van der Waals surface area contributed by atoms with E-state index in [-0.39, 0.29) is 23.3 Å². The number of anilines is 1. The van der Waals surface area contributed by atoms with Gasteiger partial charge >= 0.3 is 0 Å². The van der Waals surface area contributed by atoms with E-state index in [0.29, 0.717) is 50.5 Å². The Bertz CT molecular complexity index is 1120. The van der Waals surface area contributed by atoms with E-state index in [9.17, 15) is 18.0 Å². The van der Waals surface area contributed by atoms with Crippen molar-refractivity contribution in [3.05, 3.63) is 59.2 Å². The highest BCUT2D eigenvalue weighted by atomic mass is 32.2. The summed E-state index contributed by atoms with van der Waals surface area (Å²) in [5, 5.41) is 2.80. The van der Waals surface area contributed by atoms with Gasteiger partial charge in [-0.2, -0.15) is 4.31 Å². The Morgan fingerprint density at radius 1 is 0.941 bits per heavy atom. The normalized spacial score (nSPS) is 14.9. The number of hydrogen-bond donors (Lipinski definition) is 1. The molecule has 0 aromatic heterocycles. The van der Waals surface area contributed by atoms with E-state index in [2.05, 4.69) is 5.32 Å². The van der Waals surface area contributed by atoms with Gasteiger partial charge in [-0.15, -0.1) is 0 Å². The molecule has 1 N–H and O–H groups in total. The number of piperazine rings is 1. The average Bonchev–Trinajstić information content (AvgIpc) is 2.79. The lowest BCUT2D eigenvalue weighted by molar-refractivity contribution is -0.117. The number of benzene rings is 2. The van der Waals surface area contributed by atoms with Gasteiger partial charge in [0, 0.05) is 50.5 Å². The topological polar surface area (TPSA) is 90.0 Å². The van der Waals surface area contributed by atoms with Crippen LogP contribution in [0, 0.1) is 13.8 Å². The molecule has 9 heteroatoms. The number of amides is 2. The Morgan fingerprint density at radius 3 is 2.15 bits per heavy atom. The minimum Gasteiger partial charge on any atom is -0.336 e. The maximum Gasteiger partial charge on any atom is 0.253 e. The van der Waals surface area contributed by atoms with Crippen LogP contribution in [-0.4, -0.2) is 80.2 Å². The molecule has 0 saturated carbocycles. The van der Waals surface area contributed by atoms with Crippen LogP contribution in [0.2, 0.25) is 0 Å². The van der Waals surface area contributed by atoms with Gasteiger partial charge in [-0.3, -0.25) is 14.5 Å². The zero-order chi connectivity index (χ0) is 24.9. The molecule has 2 amide bonds. The van der Waals surface area contributed by atoms with E-state index in [0.717, 1.165) is 11.1 Å². The van der Waals surface area contributed by atoms with Gasteiger partial charge in [0.25, 0.3) is 5.91 Å². The highest BCUT2D eigenvalue weighted by molar-refractivity contribution is 7.89. The fourth-order valence-electron chi connectivity index (χ4n) is 4.24. The van der Waals surface area contributed by atoms with Crippen LogP contribution in [0.5, 0.6) is 0 Å². The van der Waals surface area contributed by atoms with Crippen molar-refractivity contribution < 1.29 is 18.0 Å². The van der Waals surface area contributed by atoms with Crippen LogP contribution in [0.1, 0.15) is 35.3 Å². The van der Waals surface area contributed by atoms with Crippen molar-refractivity contribution in [3.8, 4) is 0 Å². The summed E-state index contributed by atoms with van der Waals surface area (Å²) < 4.78 is 26.9. The van der Waals surface area contributed by atoms with Gasteiger partial charge in [0.05, 0.1) is 11.4 Å². The van der Waals surface area contributed by atoms with Crippen LogP contribution in [-0.2, 0) is 14.8 Å². The SMILES string of the molecule is CCN(CC)S(=O)(=O)c1cccc(NC(=O)CN2CCN(C(=O)c3cc(C)cc(C)c3)CC2)c1. The van der Waals surface area contributed by atoms with E-state index < -0.39 is 10.0 Å². The van der Waals surface area contributed by atoms with E-state index in [1.54, 1.807) is 26.0 Å². The average molecular weight is 487 g/mol. The molecule has 0 radical (unpaired) electrons. The summed E-state index contributed by atoms with van der Waals surface area (Å²) in [6.07, 6.45) is 0. The molecule has 1 aliphatic heterocycles. The van der Waals surface area contributed by atoms with Crippen LogP contribution >= 0.6 is 0 Å². The third kappa shape index (κ3) is 6.22. The number of rotatable bonds is 8. The van der Waals surface area contributed by atoms with Gasteiger partial charge in [-0.05, 0) is 44.2 Å². The van der Waals surface area contributed by atoms with Crippen molar-refractivity contribution in [2.75, 3.05) is 51.1 Å². The molecular formula is C25H34N4O4S. The summed E-state index contributed by atoms with van der Waals surface area (Å²) in [6.45, 7) is 10.8. The molecule has 0 atom stereocenters. The summed E-state index contributed by atoms with van der Waals surface area (Å²) >= 11 is 0. The number of hydrogen-bond acceptors (Lipinski definition) is 5. The molecule has 2 aromatic carbocycles. The van der Waals surface area contributed by atoms with Gasteiger partial charge in [0.1, 0.15) is 0 Å². The molecule has 0 unspecified atom stereocenters. The van der Waals surface area contributed by atoms with Crippen LogP contribution in [0.25, 0.3) is 0 Å². The fraction of sp³-hybridized carbons (Fsp3) is 0.440. The van der Waals surface area contributed by atoms with Crippen molar-refractivity contribution in [1.82, 2.24) is 14.1 Å². The third-order valence-electron chi connectivity index (χ3n) is 5.96. The van der Waals surface area contributed by atoms with Crippen molar-refractivity contribution >= 4 is 27.5 Å². The summed E-state index contributed by atoms with van der Waals surface area (Å²) in [7, 11) is -3.60. The number of nitrogens with zero attached hydrogens (tertiary/aromatic N) is 3. The van der Waals surface area contributed by atoms with Crippen LogP contribution in [0.15, 0.2) is 47.4 Å². The Morgan fingerprint density at radius 2 is 1.56 bits per heavy atom. The van der Waals surface area contributed by atoms with E-state index in [1.807, 2.05) is 41.8 Å². The monoisotopic (exact) mass is 486 g/mol. The first-order chi connectivity index (χ1) is 16.1. The first kappa shape index (κ1) is 25.9.